The van der Waals surface area contributed by atoms with Crippen molar-refractivity contribution in [3.63, 3.8) is 0 Å². The lowest BCUT2D eigenvalue weighted by atomic mass is 10.1. The predicted octanol–water partition coefficient (Wildman–Crippen LogP) is 3.39. The van der Waals surface area contributed by atoms with Gasteiger partial charge in [0.1, 0.15) is 0 Å². The van der Waals surface area contributed by atoms with E-state index in [4.69, 9.17) is 29.3 Å². The minimum absolute atomic E-state index is 0.0440. The molecule has 176 valence electrons. The minimum Gasteiger partial charge on any atom is -0.504 e. The Bertz CT molecular complexity index is 835. The van der Waals surface area contributed by atoms with Crippen molar-refractivity contribution in [3.05, 3.63) is 47.5 Å². The summed E-state index contributed by atoms with van der Waals surface area (Å²) >= 11 is 0. The van der Waals surface area contributed by atoms with Crippen LogP contribution in [0.4, 0.5) is 0 Å². The van der Waals surface area contributed by atoms with Crippen LogP contribution in [0.15, 0.2) is 36.4 Å². The van der Waals surface area contributed by atoms with Crippen LogP contribution in [-0.2, 0) is 9.59 Å². The average molecular weight is 452 g/mol. The highest BCUT2D eigenvalue weighted by Crippen LogP contribution is 2.27. The van der Waals surface area contributed by atoms with Crippen molar-refractivity contribution < 1.29 is 49.1 Å². The maximum Gasteiger partial charge on any atom is 0.300 e. The molecule has 0 heterocycles. The summed E-state index contributed by atoms with van der Waals surface area (Å²) < 4.78 is 9.67. The lowest BCUT2D eigenvalue weighted by molar-refractivity contribution is -0.135. The molecule has 2 aromatic rings. The van der Waals surface area contributed by atoms with E-state index in [0.29, 0.717) is 22.6 Å². The molecule has 0 radical (unpaired) electrons. The van der Waals surface area contributed by atoms with Gasteiger partial charge >= 0.3 is 0 Å². The highest BCUT2D eigenvalue weighted by molar-refractivity contribution is 5.95. The van der Waals surface area contributed by atoms with Gasteiger partial charge in [-0.1, -0.05) is 0 Å². The van der Waals surface area contributed by atoms with E-state index in [0.717, 1.165) is 13.8 Å². The third-order valence-corrected chi connectivity index (χ3v) is 3.17. The summed E-state index contributed by atoms with van der Waals surface area (Å²) in [6.07, 6.45) is 0. The maximum atomic E-state index is 10.9. The molecule has 10 nitrogen and oxygen atoms in total. The number of hydrogen-bond acceptors (Lipinski definition) is 8. The third-order valence-electron chi connectivity index (χ3n) is 3.17. The van der Waals surface area contributed by atoms with E-state index in [9.17, 15) is 19.8 Å². The maximum absolute atomic E-state index is 10.9. The van der Waals surface area contributed by atoms with Gasteiger partial charge in [0.15, 0.2) is 34.6 Å². The Morgan fingerprint density at radius 1 is 0.625 bits per heavy atom. The van der Waals surface area contributed by atoms with Crippen LogP contribution in [0, 0.1) is 0 Å². The number of phenols is 2. The number of phenolic OH excluding ortho intramolecular Hbond substituents is 2. The molecule has 0 aliphatic carbocycles. The molecule has 0 saturated heterocycles. The minimum atomic E-state index is -0.833. The second kappa shape index (κ2) is 15.7. The number of ether oxygens (including phenoxy) is 2. The van der Waals surface area contributed by atoms with E-state index >= 15 is 0 Å². The molecule has 10 heteroatoms. The molecule has 0 saturated carbocycles. The molecule has 4 N–H and O–H groups in total. The summed E-state index contributed by atoms with van der Waals surface area (Å²) in [5, 5.41) is 33.2. The van der Waals surface area contributed by atoms with Crippen LogP contribution in [0.3, 0.4) is 0 Å². The van der Waals surface area contributed by atoms with E-state index in [-0.39, 0.29) is 23.1 Å². The summed E-state index contributed by atoms with van der Waals surface area (Å²) in [7, 11) is 2.89. The quantitative estimate of drug-likeness (QED) is 0.505. The first kappa shape index (κ1) is 30.1. The number of hydrogen-bond donors (Lipinski definition) is 4. The molecule has 0 fully saturated rings. The van der Waals surface area contributed by atoms with E-state index in [2.05, 4.69) is 0 Å². The standard InChI is InChI=1S/2C9H10O3.2C2H4O2/c2*1-6(10)7-3-4-8(11)9(5-7)12-2;2*1-2(3)4/h2*3-5,11H,1-2H3;2*1H3,(H,3,4). The van der Waals surface area contributed by atoms with Crippen LogP contribution < -0.4 is 9.47 Å². The van der Waals surface area contributed by atoms with Gasteiger partial charge in [-0.15, -0.1) is 0 Å². The van der Waals surface area contributed by atoms with Crippen molar-refractivity contribution in [1.29, 1.82) is 0 Å². The van der Waals surface area contributed by atoms with Crippen molar-refractivity contribution in [3.8, 4) is 23.0 Å². The van der Waals surface area contributed by atoms with Gasteiger partial charge < -0.3 is 29.9 Å². The van der Waals surface area contributed by atoms with Gasteiger partial charge in [-0.05, 0) is 50.2 Å². The van der Waals surface area contributed by atoms with Crippen LogP contribution in [0.1, 0.15) is 48.4 Å². The number of methoxy groups -OCH3 is 2. The molecule has 0 aliphatic rings. The molecule has 0 amide bonds. The van der Waals surface area contributed by atoms with Crippen LogP contribution >= 0.6 is 0 Å². The number of aromatic hydroxyl groups is 2. The number of carboxylic acids is 2. The summed E-state index contributed by atoms with van der Waals surface area (Å²) in [6, 6.07) is 9.01. The van der Waals surface area contributed by atoms with Crippen LogP contribution in [0.2, 0.25) is 0 Å². The highest BCUT2D eigenvalue weighted by Gasteiger charge is 2.05. The first-order chi connectivity index (χ1) is 14.8. The van der Waals surface area contributed by atoms with E-state index in [1.807, 2.05) is 0 Å². The molecular formula is C22H28O10. The van der Waals surface area contributed by atoms with Crippen molar-refractivity contribution in [1.82, 2.24) is 0 Å². The second-order valence-electron chi connectivity index (χ2n) is 5.92. The number of benzene rings is 2. The summed E-state index contributed by atoms with van der Waals surface area (Å²) in [5.74, 6) is -1.03. The lowest BCUT2D eigenvalue weighted by Crippen LogP contribution is -1.92. The molecule has 0 aromatic heterocycles. The van der Waals surface area contributed by atoms with Crippen molar-refractivity contribution >= 4 is 23.5 Å². The van der Waals surface area contributed by atoms with Crippen LogP contribution in [0.25, 0.3) is 0 Å². The Balaban J connectivity index is 0. The second-order valence-corrected chi connectivity index (χ2v) is 5.92. The van der Waals surface area contributed by atoms with Gasteiger partial charge in [0, 0.05) is 25.0 Å². The van der Waals surface area contributed by atoms with Gasteiger partial charge in [0.05, 0.1) is 14.2 Å². The Morgan fingerprint density at radius 3 is 1.06 bits per heavy atom. The molecule has 32 heavy (non-hydrogen) atoms. The molecule has 0 aliphatic heterocycles. The normalized spacial score (nSPS) is 8.69. The van der Waals surface area contributed by atoms with E-state index in [1.54, 1.807) is 12.1 Å². The molecule has 0 spiro atoms. The zero-order valence-corrected chi connectivity index (χ0v) is 18.7. The average Bonchev–Trinajstić information content (AvgIpc) is 2.68. The summed E-state index contributed by atoms with van der Waals surface area (Å²) in [6.45, 7) is 5.09. The predicted molar refractivity (Wildman–Crippen MR) is 116 cm³/mol. The first-order valence-corrected chi connectivity index (χ1v) is 8.91. The molecule has 0 unspecified atom stereocenters. The number of rotatable bonds is 4. The van der Waals surface area contributed by atoms with Gasteiger partial charge in [0.2, 0.25) is 0 Å². The highest BCUT2D eigenvalue weighted by atomic mass is 16.5. The van der Waals surface area contributed by atoms with E-state index < -0.39 is 11.9 Å². The molecule has 2 aromatic carbocycles. The van der Waals surface area contributed by atoms with Gasteiger partial charge in [-0.2, -0.15) is 0 Å². The number of aliphatic carboxylic acids is 2. The van der Waals surface area contributed by atoms with Gasteiger partial charge in [-0.3, -0.25) is 19.2 Å². The van der Waals surface area contributed by atoms with E-state index in [1.165, 1.54) is 52.3 Å². The molecular weight excluding hydrogens is 424 g/mol. The number of ketones is 2. The number of Topliss-reactive ketones (excluding diaryl/α,β-unsaturated/α-hetero) is 2. The van der Waals surface area contributed by atoms with Crippen LogP contribution in [-0.4, -0.2) is 58.2 Å². The van der Waals surface area contributed by atoms with Crippen molar-refractivity contribution in [2.45, 2.75) is 27.7 Å². The Kier molecular flexibility index (Phi) is 14.8. The first-order valence-electron chi connectivity index (χ1n) is 8.91. The zero-order chi connectivity index (χ0) is 25.4. The number of carbonyl (C=O) groups is 4. The molecule has 2 rings (SSSR count). The number of carboxylic acid groups (broad SMARTS) is 2. The monoisotopic (exact) mass is 452 g/mol. The fourth-order valence-electron chi connectivity index (χ4n) is 1.79. The molecule has 0 bridgehead atoms. The Hall–Kier alpha value is -4.08. The van der Waals surface area contributed by atoms with Crippen molar-refractivity contribution in [2.24, 2.45) is 0 Å². The zero-order valence-electron chi connectivity index (χ0n) is 18.7. The summed E-state index contributed by atoms with van der Waals surface area (Å²) in [5.41, 5.74) is 1.06. The Labute approximate surface area is 185 Å². The SMILES string of the molecule is CC(=O)O.CC(=O)O.COc1cc(C(C)=O)ccc1O.COc1cc(C(C)=O)ccc1O. The Morgan fingerprint density at radius 2 is 0.875 bits per heavy atom. The van der Waals surface area contributed by atoms with Crippen molar-refractivity contribution in [2.75, 3.05) is 14.2 Å². The smallest absolute Gasteiger partial charge is 0.300 e. The number of carbonyl (C=O) groups excluding carboxylic acids is 2. The largest absolute Gasteiger partial charge is 0.504 e. The molecule has 0 atom stereocenters. The fraction of sp³-hybridized carbons (Fsp3) is 0.273. The summed E-state index contributed by atoms with van der Waals surface area (Å²) in [4.78, 5) is 39.8. The van der Waals surface area contributed by atoms with Gasteiger partial charge in [0.25, 0.3) is 11.9 Å². The van der Waals surface area contributed by atoms with Crippen LogP contribution in [0.5, 0.6) is 23.0 Å². The topological polar surface area (TPSA) is 168 Å². The fourth-order valence-corrected chi connectivity index (χ4v) is 1.79. The third kappa shape index (κ3) is 14.0. The van der Waals surface area contributed by atoms with Gasteiger partial charge in [-0.25, -0.2) is 0 Å². The lowest BCUT2D eigenvalue weighted by Gasteiger charge is -2.03.